The summed E-state index contributed by atoms with van der Waals surface area (Å²) in [7, 11) is -3.62. The van der Waals surface area contributed by atoms with Gasteiger partial charge in [-0.25, -0.2) is 17.5 Å². The number of rotatable bonds is 7. The molecule has 0 spiro atoms. The molecule has 2 rings (SSSR count). The van der Waals surface area contributed by atoms with E-state index in [1.54, 1.807) is 23.1 Å². The Morgan fingerprint density at radius 3 is 2.80 bits per heavy atom. The Kier molecular flexibility index (Phi) is 5.59. The minimum Gasteiger partial charge on any atom is -0.210 e. The van der Waals surface area contributed by atoms with Crippen molar-refractivity contribution in [3.63, 3.8) is 0 Å². The van der Waals surface area contributed by atoms with Crippen LogP contribution >= 0.6 is 23.1 Å². The third kappa shape index (κ3) is 4.59. The van der Waals surface area contributed by atoms with Crippen LogP contribution in [0.5, 0.6) is 0 Å². The van der Waals surface area contributed by atoms with Crippen molar-refractivity contribution in [1.82, 2.24) is 4.72 Å². The number of benzene rings is 1. The summed E-state index contributed by atoms with van der Waals surface area (Å²) in [6, 6.07) is 9.04. The number of hydrogen-bond acceptors (Lipinski definition) is 4. The Morgan fingerprint density at radius 2 is 2.10 bits per heavy atom. The van der Waals surface area contributed by atoms with Crippen molar-refractivity contribution in [3.8, 4) is 0 Å². The van der Waals surface area contributed by atoms with Gasteiger partial charge in [-0.2, -0.15) is 11.8 Å². The lowest BCUT2D eigenvalue weighted by Gasteiger charge is -2.06. The molecular formula is C13H14FNO2S3. The summed E-state index contributed by atoms with van der Waals surface area (Å²) < 4.78 is 39.3. The van der Waals surface area contributed by atoms with Crippen LogP contribution in [0.25, 0.3) is 0 Å². The highest BCUT2D eigenvalue weighted by Gasteiger charge is 2.13. The van der Waals surface area contributed by atoms with E-state index in [0.717, 1.165) is 11.8 Å². The molecule has 0 amide bonds. The highest BCUT2D eigenvalue weighted by molar-refractivity contribution is 7.98. The molecule has 1 heterocycles. The highest BCUT2D eigenvalue weighted by Crippen LogP contribution is 2.16. The summed E-state index contributed by atoms with van der Waals surface area (Å²) in [6.07, 6.45) is 0. The second kappa shape index (κ2) is 7.21. The van der Waals surface area contributed by atoms with E-state index in [0.29, 0.717) is 12.3 Å². The van der Waals surface area contributed by atoms with Gasteiger partial charge < -0.3 is 0 Å². The van der Waals surface area contributed by atoms with E-state index in [-0.39, 0.29) is 4.90 Å². The summed E-state index contributed by atoms with van der Waals surface area (Å²) in [6.45, 7) is 0.328. The van der Waals surface area contributed by atoms with Gasteiger partial charge in [-0.15, -0.1) is 11.3 Å². The zero-order chi connectivity index (χ0) is 14.4. The molecule has 1 N–H and O–H groups in total. The molecule has 0 radical (unpaired) electrons. The maximum atomic E-state index is 13.0. The maximum absolute atomic E-state index is 13.0. The van der Waals surface area contributed by atoms with E-state index < -0.39 is 15.8 Å². The molecule has 0 saturated carbocycles. The fourth-order valence-corrected chi connectivity index (χ4v) is 4.42. The molecule has 108 valence electrons. The molecule has 0 fully saturated rings. The zero-order valence-corrected chi connectivity index (χ0v) is 13.0. The van der Waals surface area contributed by atoms with Crippen molar-refractivity contribution in [2.45, 2.75) is 10.6 Å². The summed E-state index contributed by atoms with van der Waals surface area (Å²) >= 11 is 3.34. The van der Waals surface area contributed by atoms with Gasteiger partial charge in [0.05, 0.1) is 4.90 Å². The maximum Gasteiger partial charge on any atom is 0.240 e. The van der Waals surface area contributed by atoms with Crippen molar-refractivity contribution in [3.05, 3.63) is 52.5 Å². The second-order valence-corrected chi connectivity index (χ2v) is 7.89. The number of thiophene rings is 1. The average Bonchev–Trinajstić information content (AvgIpc) is 2.91. The first-order valence-corrected chi connectivity index (χ1v) is 9.45. The van der Waals surface area contributed by atoms with E-state index in [2.05, 4.69) is 10.8 Å². The molecule has 3 nitrogen and oxygen atoms in total. The van der Waals surface area contributed by atoms with Gasteiger partial charge in [0.1, 0.15) is 5.82 Å². The molecular weight excluding hydrogens is 317 g/mol. The van der Waals surface area contributed by atoms with Crippen LogP contribution in [0.2, 0.25) is 0 Å². The van der Waals surface area contributed by atoms with Gasteiger partial charge in [-0.05, 0) is 29.6 Å². The predicted molar refractivity (Wildman–Crippen MR) is 82.1 cm³/mol. The van der Waals surface area contributed by atoms with Crippen LogP contribution in [0.15, 0.2) is 46.7 Å². The molecule has 1 aromatic heterocycles. The van der Waals surface area contributed by atoms with Gasteiger partial charge in [0.2, 0.25) is 10.0 Å². The van der Waals surface area contributed by atoms with Gasteiger partial charge in [0, 0.05) is 22.9 Å². The minimum atomic E-state index is -3.62. The van der Waals surface area contributed by atoms with Gasteiger partial charge in [0.15, 0.2) is 0 Å². The fraction of sp³-hybridized carbons (Fsp3) is 0.231. The Bertz CT molecular complexity index is 641. The largest absolute Gasteiger partial charge is 0.240 e. The number of sulfonamides is 1. The monoisotopic (exact) mass is 331 g/mol. The quantitative estimate of drug-likeness (QED) is 0.793. The lowest BCUT2D eigenvalue weighted by atomic mass is 10.4. The van der Waals surface area contributed by atoms with E-state index in [1.165, 1.54) is 23.1 Å². The van der Waals surface area contributed by atoms with Gasteiger partial charge in [-0.3, -0.25) is 0 Å². The Hall–Kier alpha value is -0.890. The molecule has 2 aromatic rings. The first kappa shape index (κ1) is 15.5. The van der Waals surface area contributed by atoms with E-state index in [9.17, 15) is 12.8 Å². The molecule has 0 bridgehead atoms. The summed E-state index contributed by atoms with van der Waals surface area (Å²) in [4.78, 5) is 1.23. The van der Waals surface area contributed by atoms with Gasteiger partial charge in [-0.1, -0.05) is 12.1 Å². The normalized spacial score (nSPS) is 11.7. The average molecular weight is 331 g/mol. The summed E-state index contributed by atoms with van der Waals surface area (Å²) in [5.74, 6) is 0.992. The summed E-state index contributed by atoms with van der Waals surface area (Å²) in [5, 5.41) is 2.02. The van der Waals surface area contributed by atoms with E-state index >= 15 is 0 Å². The topological polar surface area (TPSA) is 46.2 Å². The lowest BCUT2D eigenvalue weighted by Crippen LogP contribution is -2.26. The van der Waals surface area contributed by atoms with Crippen LogP contribution in [-0.4, -0.2) is 20.7 Å². The minimum absolute atomic E-state index is 0.0410. The van der Waals surface area contributed by atoms with E-state index in [1.807, 2.05) is 11.4 Å². The third-order valence-electron chi connectivity index (χ3n) is 2.47. The standard InChI is InChI=1S/C13H14FNO2S3/c14-11-3-1-5-13(9-11)20(16,17)15-6-8-18-10-12-4-2-7-19-12/h1-5,7,9,15H,6,8,10H2. The number of halogens is 1. The highest BCUT2D eigenvalue weighted by atomic mass is 32.2. The fourth-order valence-electron chi connectivity index (χ4n) is 1.53. The van der Waals surface area contributed by atoms with Crippen LogP contribution < -0.4 is 4.72 Å². The van der Waals surface area contributed by atoms with Crippen molar-refractivity contribution in [2.75, 3.05) is 12.3 Å². The second-order valence-electron chi connectivity index (χ2n) is 3.99. The van der Waals surface area contributed by atoms with Gasteiger partial charge in [0.25, 0.3) is 0 Å². The van der Waals surface area contributed by atoms with Crippen LogP contribution in [0, 0.1) is 5.82 Å². The molecule has 0 atom stereocenters. The molecule has 0 aliphatic heterocycles. The van der Waals surface area contributed by atoms with Crippen LogP contribution in [0.1, 0.15) is 4.88 Å². The Morgan fingerprint density at radius 1 is 1.25 bits per heavy atom. The Balaban J connectivity index is 1.78. The number of nitrogens with one attached hydrogen (secondary N) is 1. The first-order valence-electron chi connectivity index (χ1n) is 5.93. The number of hydrogen-bond donors (Lipinski definition) is 1. The van der Waals surface area contributed by atoms with Crippen molar-refractivity contribution in [2.24, 2.45) is 0 Å². The lowest BCUT2D eigenvalue weighted by molar-refractivity contribution is 0.580. The van der Waals surface area contributed by atoms with Crippen LogP contribution in [-0.2, 0) is 15.8 Å². The van der Waals surface area contributed by atoms with Crippen molar-refractivity contribution >= 4 is 33.1 Å². The van der Waals surface area contributed by atoms with E-state index in [4.69, 9.17) is 0 Å². The van der Waals surface area contributed by atoms with Crippen LogP contribution in [0.3, 0.4) is 0 Å². The summed E-state index contributed by atoms with van der Waals surface area (Å²) in [5.41, 5.74) is 0. The predicted octanol–water partition coefficient (Wildman–Crippen LogP) is 3.10. The molecule has 20 heavy (non-hydrogen) atoms. The molecule has 0 saturated heterocycles. The first-order chi connectivity index (χ1) is 9.58. The Labute approximate surface area is 126 Å². The SMILES string of the molecule is O=S(=O)(NCCSCc1cccs1)c1cccc(F)c1. The molecule has 0 aliphatic carbocycles. The third-order valence-corrected chi connectivity index (χ3v) is 6.00. The smallest absolute Gasteiger partial charge is 0.210 e. The van der Waals surface area contributed by atoms with Crippen molar-refractivity contribution < 1.29 is 12.8 Å². The molecule has 7 heteroatoms. The molecule has 0 aliphatic rings. The number of thioether (sulfide) groups is 1. The molecule has 1 aromatic carbocycles. The van der Waals surface area contributed by atoms with Crippen LogP contribution in [0.4, 0.5) is 4.39 Å². The van der Waals surface area contributed by atoms with Gasteiger partial charge >= 0.3 is 0 Å². The zero-order valence-electron chi connectivity index (χ0n) is 10.6. The van der Waals surface area contributed by atoms with Crippen molar-refractivity contribution in [1.29, 1.82) is 0 Å². The molecule has 0 unspecified atom stereocenters.